The fraction of sp³-hybridized carbons (Fsp3) is 0.435. The molecule has 0 radical (unpaired) electrons. The summed E-state index contributed by atoms with van der Waals surface area (Å²) in [7, 11) is 1.57. The molecule has 3 aromatic heterocycles. The highest BCUT2D eigenvalue weighted by Gasteiger charge is 2.30. The van der Waals surface area contributed by atoms with Gasteiger partial charge in [-0.25, -0.2) is 9.37 Å². The maximum atomic E-state index is 13.5. The quantitative estimate of drug-likeness (QED) is 0.484. The molecule has 0 amide bonds. The minimum absolute atomic E-state index is 0.0945. The van der Waals surface area contributed by atoms with Crippen molar-refractivity contribution in [1.29, 1.82) is 0 Å². The van der Waals surface area contributed by atoms with Crippen molar-refractivity contribution < 1.29 is 9.13 Å². The lowest BCUT2D eigenvalue weighted by Crippen LogP contribution is -2.34. The zero-order chi connectivity index (χ0) is 22.4. The van der Waals surface area contributed by atoms with Crippen LogP contribution in [0.2, 0.25) is 0 Å². The van der Waals surface area contributed by atoms with E-state index in [0.717, 1.165) is 18.4 Å². The maximum Gasteiger partial charge on any atom is 0.283 e. The van der Waals surface area contributed by atoms with E-state index in [2.05, 4.69) is 34.1 Å². The fourth-order valence-electron chi connectivity index (χ4n) is 4.81. The summed E-state index contributed by atoms with van der Waals surface area (Å²) in [6.07, 6.45) is 4.82. The number of nitrogens with zero attached hydrogens (tertiary/aromatic N) is 6. The number of ether oxygens (including phenoxy) is 1. The first-order valence-electron chi connectivity index (χ1n) is 10.9. The molecule has 166 valence electrons. The van der Waals surface area contributed by atoms with Crippen molar-refractivity contribution in [3.63, 3.8) is 0 Å². The van der Waals surface area contributed by atoms with Crippen LogP contribution in [0, 0.1) is 17.7 Å². The minimum atomic E-state index is -0.330. The normalized spacial score (nSPS) is 21.4. The molecule has 8 nitrogen and oxygen atoms in total. The molecule has 1 aromatic carbocycles. The largest absolute Gasteiger partial charge is 0.378 e. The van der Waals surface area contributed by atoms with Crippen LogP contribution in [0.1, 0.15) is 44.8 Å². The Hall–Kier alpha value is -3.20. The molecule has 3 heterocycles. The second-order valence-corrected chi connectivity index (χ2v) is 8.66. The monoisotopic (exact) mass is 436 g/mol. The Morgan fingerprint density at radius 3 is 2.66 bits per heavy atom. The summed E-state index contributed by atoms with van der Waals surface area (Å²) in [4.78, 5) is 17.9. The molecule has 1 saturated carbocycles. The van der Waals surface area contributed by atoms with Gasteiger partial charge in [-0.2, -0.15) is 9.61 Å². The van der Waals surface area contributed by atoms with E-state index < -0.39 is 0 Å². The van der Waals surface area contributed by atoms with Crippen LogP contribution in [-0.2, 0) is 11.3 Å². The Balaban J connectivity index is 1.70. The van der Waals surface area contributed by atoms with E-state index in [0.29, 0.717) is 34.4 Å². The Bertz CT molecular complexity index is 1350. The van der Waals surface area contributed by atoms with Gasteiger partial charge in [0.1, 0.15) is 12.1 Å². The highest BCUT2D eigenvalue weighted by Crippen LogP contribution is 2.37. The van der Waals surface area contributed by atoms with Crippen molar-refractivity contribution in [1.82, 2.24) is 29.4 Å². The van der Waals surface area contributed by atoms with Gasteiger partial charge in [-0.1, -0.05) is 38.8 Å². The van der Waals surface area contributed by atoms with Gasteiger partial charge in [0.2, 0.25) is 0 Å². The first-order valence-corrected chi connectivity index (χ1v) is 10.9. The van der Waals surface area contributed by atoms with Crippen molar-refractivity contribution in [2.45, 2.75) is 45.8 Å². The lowest BCUT2D eigenvalue weighted by molar-refractivity contribution is 0.181. The third-order valence-electron chi connectivity index (χ3n) is 6.77. The molecule has 5 rings (SSSR count). The maximum absolute atomic E-state index is 13.5. The Morgan fingerprint density at radius 1 is 1.12 bits per heavy atom. The lowest BCUT2D eigenvalue weighted by Gasteiger charge is -2.34. The van der Waals surface area contributed by atoms with Crippen LogP contribution in [-0.4, -0.2) is 36.5 Å². The number of halogens is 1. The van der Waals surface area contributed by atoms with Crippen molar-refractivity contribution in [2.24, 2.45) is 11.8 Å². The summed E-state index contributed by atoms with van der Waals surface area (Å²) >= 11 is 0. The van der Waals surface area contributed by atoms with E-state index in [1.54, 1.807) is 30.1 Å². The molecule has 0 N–H and O–H groups in total. The van der Waals surface area contributed by atoms with Crippen molar-refractivity contribution in [2.75, 3.05) is 7.11 Å². The van der Waals surface area contributed by atoms with Crippen LogP contribution >= 0.6 is 0 Å². The van der Waals surface area contributed by atoms with Gasteiger partial charge < -0.3 is 4.74 Å². The summed E-state index contributed by atoms with van der Waals surface area (Å²) in [6, 6.07) is 6.18. The molecule has 1 aliphatic carbocycles. The first kappa shape index (κ1) is 20.7. The topological polar surface area (TPSA) is 87.2 Å². The summed E-state index contributed by atoms with van der Waals surface area (Å²) in [5, 5.41) is 13.2. The molecule has 0 aliphatic heterocycles. The van der Waals surface area contributed by atoms with Crippen LogP contribution in [0.25, 0.3) is 27.9 Å². The summed E-state index contributed by atoms with van der Waals surface area (Å²) < 4.78 is 22.0. The summed E-state index contributed by atoms with van der Waals surface area (Å²) in [6.45, 7) is 4.66. The number of methoxy groups -OCH3 is 1. The SMILES string of the molecule is COCc1nn2c(nnc3c(=O)n(C4CCCC(C)C4C)cnc32)c1-c1ccc(F)cc1. The van der Waals surface area contributed by atoms with Crippen LogP contribution in [0.3, 0.4) is 0 Å². The first-order chi connectivity index (χ1) is 15.5. The fourth-order valence-corrected chi connectivity index (χ4v) is 4.81. The molecule has 9 heteroatoms. The zero-order valence-electron chi connectivity index (χ0n) is 18.3. The summed E-state index contributed by atoms with van der Waals surface area (Å²) in [5.41, 5.74) is 2.80. The van der Waals surface area contributed by atoms with E-state index in [1.807, 2.05) is 0 Å². The molecule has 0 bridgehead atoms. The van der Waals surface area contributed by atoms with Gasteiger partial charge in [-0.3, -0.25) is 9.36 Å². The number of fused-ring (bicyclic) bond motifs is 3. The van der Waals surface area contributed by atoms with Gasteiger partial charge in [0, 0.05) is 13.2 Å². The molecule has 1 fully saturated rings. The predicted octanol–water partition coefficient (Wildman–Crippen LogP) is 3.78. The van der Waals surface area contributed by atoms with Crippen LogP contribution in [0.5, 0.6) is 0 Å². The Morgan fingerprint density at radius 2 is 1.91 bits per heavy atom. The van der Waals surface area contributed by atoms with E-state index in [1.165, 1.54) is 23.1 Å². The molecule has 1 aliphatic rings. The molecule has 4 aromatic rings. The molecule has 32 heavy (non-hydrogen) atoms. The van der Waals surface area contributed by atoms with Gasteiger partial charge in [-0.05, 0) is 36.0 Å². The zero-order valence-corrected chi connectivity index (χ0v) is 18.3. The highest BCUT2D eigenvalue weighted by atomic mass is 19.1. The molecule has 0 saturated heterocycles. The number of rotatable bonds is 4. The molecule has 3 atom stereocenters. The molecular formula is C23H25FN6O2. The van der Waals surface area contributed by atoms with Crippen LogP contribution in [0.4, 0.5) is 4.39 Å². The number of benzene rings is 1. The minimum Gasteiger partial charge on any atom is -0.378 e. The van der Waals surface area contributed by atoms with Crippen molar-refractivity contribution in [3.8, 4) is 11.1 Å². The average molecular weight is 436 g/mol. The predicted molar refractivity (Wildman–Crippen MR) is 118 cm³/mol. The van der Waals surface area contributed by atoms with Crippen LogP contribution in [0.15, 0.2) is 35.4 Å². The summed E-state index contributed by atoms with van der Waals surface area (Å²) in [5.74, 6) is 0.593. The number of hydrogen-bond acceptors (Lipinski definition) is 6. The van der Waals surface area contributed by atoms with Crippen LogP contribution < -0.4 is 5.56 Å². The van der Waals surface area contributed by atoms with E-state index in [4.69, 9.17) is 4.74 Å². The van der Waals surface area contributed by atoms with Gasteiger partial charge in [-0.15, -0.1) is 10.2 Å². The average Bonchev–Trinajstić information content (AvgIpc) is 3.15. The van der Waals surface area contributed by atoms with Gasteiger partial charge in [0.15, 0.2) is 16.8 Å². The highest BCUT2D eigenvalue weighted by molar-refractivity contribution is 5.83. The van der Waals surface area contributed by atoms with Gasteiger partial charge >= 0.3 is 0 Å². The Labute approximate surface area is 184 Å². The van der Waals surface area contributed by atoms with E-state index >= 15 is 0 Å². The second-order valence-electron chi connectivity index (χ2n) is 8.66. The smallest absolute Gasteiger partial charge is 0.283 e. The van der Waals surface area contributed by atoms with Crippen molar-refractivity contribution >= 4 is 16.8 Å². The third-order valence-corrected chi connectivity index (χ3v) is 6.77. The standard InChI is InChI=1S/C23H25FN6O2/c1-13-5-4-6-18(14(13)2)29-12-25-22-20(23(29)31)26-27-21-19(15-7-9-16(24)10-8-15)17(11-32-3)28-30(21)22/h7-10,12-14,18H,4-6,11H2,1-3H3. The Kier molecular flexibility index (Phi) is 5.21. The third kappa shape index (κ3) is 3.28. The molecular weight excluding hydrogens is 411 g/mol. The van der Waals surface area contributed by atoms with Gasteiger partial charge in [0.05, 0.1) is 17.9 Å². The van der Waals surface area contributed by atoms with Crippen molar-refractivity contribution in [3.05, 3.63) is 52.5 Å². The van der Waals surface area contributed by atoms with E-state index in [9.17, 15) is 9.18 Å². The number of hydrogen-bond donors (Lipinski definition) is 0. The second kappa shape index (κ2) is 8.05. The lowest BCUT2D eigenvalue weighted by atomic mass is 9.78. The van der Waals surface area contributed by atoms with Gasteiger partial charge in [0.25, 0.3) is 5.56 Å². The molecule has 0 spiro atoms. The van der Waals surface area contributed by atoms with E-state index in [-0.39, 0.29) is 29.5 Å². The molecule has 3 unspecified atom stereocenters. The number of aromatic nitrogens is 6.